The van der Waals surface area contributed by atoms with Gasteiger partial charge >= 0.3 is 0 Å². The molecule has 0 radical (unpaired) electrons. The van der Waals surface area contributed by atoms with E-state index >= 15 is 0 Å². The normalized spacial score (nSPS) is 31.1. The van der Waals surface area contributed by atoms with Gasteiger partial charge in [0, 0.05) is 0 Å². The van der Waals surface area contributed by atoms with Gasteiger partial charge in [-0.25, -0.2) is 0 Å². The summed E-state index contributed by atoms with van der Waals surface area (Å²) in [6, 6.07) is 6.73. The van der Waals surface area contributed by atoms with Crippen molar-refractivity contribution in [2.45, 2.75) is 50.9 Å². The lowest BCUT2D eigenvalue weighted by atomic mass is 9.48. The highest BCUT2D eigenvalue weighted by Gasteiger charge is 2.51. The smallest absolute Gasteiger partial charge is 0.258 e. The highest BCUT2D eigenvalue weighted by molar-refractivity contribution is 5.77. The van der Waals surface area contributed by atoms with Gasteiger partial charge in [0.15, 0.2) is 6.61 Å². The van der Waals surface area contributed by atoms with Gasteiger partial charge in [-0.3, -0.25) is 4.79 Å². The van der Waals surface area contributed by atoms with Gasteiger partial charge in [-0.1, -0.05) is 12.1 Å². The summed E-state index contributed by atoms with van der Waals surface area (Å²) in [6.07, 6.45) is 8.57. The first kappa shape index (κ1) is 19.8. The Morgan fingerprint density at radius 2 is 1.71 bits per heavy atom. The number of carbonyl (C=O) groups is 1. The van der Waals surface area contributed by atoms with Crippen molar-refractivity contribution in [1.82, 2.24) is 5.32 Å². The molecule has 1 aromatic rings. The highest BCUT2D eigenvalue weighted by atomic mass is 16.5. The number of amides is 1. The number of nitrogens with one attached hydrogen (secondary N) is 1. The van der Waals surface area contributed by atoms with E-state index in [9.17, 15) is 4.79 Å². The van der Waals surface area contributed by atoms with Crippen LogP contribution in [0.1, 0.15) is 49.7 Å². The Balaban J connectivity index is 1.36. The van der Waals surface area contributed by atoms with E-state index in [1.807, 2.05) is 0 Å². The van der Waals surface area contributed by atoms with E-state index in [1.165, 1.54) is 44.1 Å². The molecule has 1 amide bonds. The third-order valence-corrected chi connectivity index (χ3v) is 7.29. The van der Waals surface area contributed by atoms with Crippen molar-refractivity contribution < 1.29 is 14.0 Å². The van der Waals surface area contributed by atoms with Crippen LogP contribution < -0.4 is 10.1 Å². The minimum atomic E-state index is -0.0435. The second-order valence-corrected chi connectivity index (χ2v) is 10.8. The van der Waals surface area contributed by atoms with Crippen LogP contribution in [0.25, 0.3) is 0 Å². The zero-order valence-electron chi connectivity index (χ0n) is 18.1. The standard InChI is InChI=1S/C24H36N2O2/c1-17-9-21(24-13-18-10-19(14-24)12-20(11-18)15-24)5-6-22(17)28-16-23(27)25-7-8-26(2,3)4/h5-6,9,18-20H,7-8,10-16H2,1-4H3/p+1. The average molecular weight is 386 g/mol. The number of rotatable bonds is 7. The molecule has 0 spiro atoms. The molecule has 0 unspecified atom stereocenters. The van der Waals surface area contributed by atoms with Crippen LogP contribution in [0.4, 0.5) is 0 Å². The summed E-state index contributed by atoms with van der Waals surface area (Å²) >= 11 is 0. The minimum Gasteiger partial charge on any atom is -0.484 e. The number of carbonyl (C=O) groups excluding carboxylic acids is 1. The van der Waals surface area contributed by atoms with E-state index in [2.05, 4.69) is 51.6 Å². The molecule has 0 atom stereocenters. The van der Waals surface area contributed by atoms with Crippen molar-refractivity contribution in [2.75, 3.05) is 40.8 Å². The second kappa shape index (κ2) is 7.37. The Labute approximate surface area is 170 Å². The average Bonchev–Trinajstić information content (AvgIpc) is 2.58. The summed E-state index contributed by atoms with van der Waals surface area (Å²) in [5, 5.41) is 2.95. The maximum atomic E-state index is 12.1. The molecule has 1 N–H and O–H groups in total. The van der Waals surface area contributed by atoms with Gasteiger partial charge in [0.25, 0.3) is 5.91 Å². The maximum Gasteiger partial charge on any atom is 0.258 e. The molecule has 5 rings (SSSR count). The first-order valence-corrected chi connectivity index (χ1v) is 11.0. The van der Waals surface area contributed by atoms with Crippen LogP contribution in [-0.4, -0.2) is 51.2 Å². The third-order valence-electron chi connectivity index (χ3n) is 7.29. The number of nitrogens with zero attached hydrogens (tertiary/aromatic N) is 1. The first-order valence-electron chi connectivity index (χ1n) is 11.0. The highest BCUT2D eigenvalue weighted by Crippen LogP contribution is 2.60. The molecule has 4 heteroatoms. The SMILES string of the molecule is Cc1cc(C23CC4CC(CC(C4)C2)C3)ccc1OCC(=O)NCC[N+](C)(C)C. The molecule has 4 fully saturated rings. The van der Waals surface area contributed by atoms with Crippen molar-refractivity contribution in [3.8, 4) is 5.75 Å². The van der Waals surface area contributed by atoms with E-state index in [-0.39, 0.29) is 12.5 Å². The molecule has 0 aliphatic heterocycles. The fraction of sp³-hybridized carbons (Fsp3) is 0.708. The van der Waals surface area contributed by atoms with E-state index in [1.54, 1.807) is 0 Å². The summed E-state index contributed by atoms with van der Waals surface area (Å²) < 4.78 is 6.68. The van der Waals surface area contributed by atoms with Crippen LogP contribution in [0.2, 0.25) is 0 Å². The number of quaternary nitrogens is 1. The molecule has 4 bridgehead atoms. The van der Waals surface area contributed by atoms with Gasteiger partial charge in [-0.15, -0.1) is 0 Å². The summed E-state index contributed by atoms with van der Waals surface area (Å²) in [7, 11) is 6.37. The summed E-state index contributed by atoms with van der Waals surface area (Å²) in [5.41, 5.74) is 3.09. The van der Waals surface area contributed by atoms with Crippen LogP contribution in [0, 0.1) is 24.7 Å². The van der Waals surface area contributed by atoms with Gasteiger partial charge in [0.05, 0.1) is 34.2 Å². The predicted octanol–water partition coefficient (Wildman–Crippen LogP) is 3.66. The monoisotopic (exact) mass is 385 g/mol. The molecule has 0 saturated heterocycles. The third kappa shape index (κ3) is 4.22. The summed E-state index contributed by atoms with van der Waals surface area (Å²) in [4.78, 5) is 12.1. The molecular weight excluding hydrogens is 348 g/mol. The Kier molecular flexibility index (Phi) is 5.20. The molecule has 4 aliphatic carbocycles. The number of hydrogen-bond donors (Lipinski definition) is 1. The van der Waals surface area contributed by atoms with Crippen LogP contribution in [-0.2, 0) is 10.2 Å². The minimum absolute atomic E-state index is 0.0435. The van der Waals surface area contributed by atoms with Crippen molar-refractivity contribution in [1.29, 1.82) is 0 Å². The molecule has 1 aromatic carbocycles. The molecule has 28 heavy (non-hydrogen) atoms. The topological polar surface area (TPSA) is 38.3 Å². The predicted molar refractivity (Wildman–Crippen MR) is 112 cm³/mol. The molecule has 0 aromatic heterocycles. The number of hydrogen-bond acceptors (Lipinski definition) is 2. The Hall–Kier alpha value is -1.55. The number of aryl methyl sites for hydroxylation is 1. The first-order chi connectivity index (χ1) is 13.2. The zero-order valence-corrected chi connectivity index (χ0v) is 18.1. The fourth-order valence-electron chi connectivity index (χ4n) is 6.33. The van der Waals surface area contributed by atoms with E-state index in [0.717, 1.165) is 40.1 Å². The molecule has 154 valence electrons. The number of likely N-dealkylation sites (N-methyl/N-ethyl adjacent to an activating group) is 1. The quantitative estimate of drug-likeness (QED) is 0.728. The Morgan fingerprint density at radius 1 is 1.11 bits per heavy atom. The molecule has 4 saturated carbocycles. The van der Waals surface area contributed by atoms with E-state index in [4.69, 9.17) is 4.74 Å². The second-order valence-electron chi connectivity index (χ2n) is 10.8. The van der Waals surface area contributed by atoms with Crippen LogP contribution in [0.3, 0.4) is 0 Å². The molecule has 0 heterocycles. The van der Waals surface area contributed by atoms with Crippen molar-refractivity contribution in [3.63, 3.8) is 0 Å². The van der Waals surface area contributed by atoms with E-state index < -0.39 is 0 Å². The van der Waals surface area contributed by atoms with Gasteiger partial charge in [-0.2, -0.15) is 0 Å². The molecule has 4 nitrogen and oxygen atoms in total. The lowest BCUT2D eigenvalue weighted by Crippen LogP contribution is -2.48. The van der Waals surface area contributed by atoms with Crippen molar-refractivity contribution in [3.05, 3.63) is 29.3 Å². The van der Waals surface area contributed by atoms with Gasteiger partial charge in [0.1, 0.15) is 5.75 Å². The van der Waals surface area contributed by atoms with E-state index in [0.29, 0.717) is 12.0 Å². The van der Waals surface area contributed by atoms with Gasteiger partial charge in [0.2, 0.25) is 0 Å². The van der Waals surface area contributed by atoms with Gasteiger partial charge < -0.3 is 14.5 Å². The Morgan fingerprint density at radius 3 is 2.25 bits per heavy atom. The number of ether oxygens (including phenoxy) is 1. The maximum absolute atomic E-state index is 12.1. The summed E-state index contributed by atoms with van der Waals surface area (Å²) in [5.74, 6) is 3.67. The molecule has 4 aliphatic rings. The van der Waals surface area contributed by atoms with Crippen LogP contribution in [0.15, 0.2) is 18.2 Å². The lowest BCUT2D eigenvalue weighted by Gasteiger charge is -2.57. The van der Waals surface area contributed by atoms with Crippen LogP contribution in [0.5, 0.6) is 5.75 Å². The van der Waals surface area contributed by atoms with Gasteiger partial charge in [-0.05, 0) is 85.8 Å². The van der Waals surface area contributed by atoms with Crippen molar-refractivity contribution in [2.24, 2.45) is 17.8 Å². The molecular formula is C24H37N2O2+. The zero-order chi connectivity index (χ0) is 19.9. The lowest BCUT2D eigenvalue weighted by molar-refractivity contribution is -0.869. The fourth-order valence-corrected chi connectivity index (χ4v) is 6.33. The largest absolute Gasteiger partial charge is 0.484 e. The van der Waals surface area contributed by atoms with Crippen LogP contribution >= 0.6 is 0 Å². The number of benzene rings is 1. The van der Waals surface area contributed by atoms with Crippen molar-refractivity contribution >= 4 is 5.91 Å². The summed E-state index contributed by atoms with van der Waals surface area (Å²) in [6.45, 7) is 3.79. The Bertz CT molecular complexity index is 699.